The quantitative estimate of drug-likeness (QED) is 0.765. The van der Waals surface area contributed by atoms with Crippen molar-refractivity contribution in [2.45, 2.75) is 25.7 Å². The third-order valence-corrected chi connectivity index (χ3v) is 3.66. The van der Waals surface area contributed by atoms with Crippen LogP contribution in [0.5, 0.6) is 0 Å². The second kappa shape index (κ2) is 5.53. The van der Waals surface area contributed by atoms with E-state index in [1.54, 1.807) is 0 Å². The molecule has 0 aromatic carbocycles. The maximum Gasteiger partial charge on any atom is 0.320 e. The van der Waals surface area contributed by atoms with E-state index >= 15 is 0 Å². The van der Waals surface area contributed by atoms with Crippen molar-refractivity contribution < 1.29 is 4.79 Å². The predicted molar refractivity (Wildman–Crippen MR) is 64.4 cm³/mol. The van der Waals surface area contributed by atoms with E-state index in [4.69, 9.17) is 0 Å². The van der Waals surface area contributed by atoms with Crippen LogP contribution in [0.3, 0.4) is 0 Å². The van der Waals surface area contributed by atoms with Crippen LogP contribution >= 0.6 is 0 Å². The molecule has 2 rings (SSSR count). The fourth-order valence-electron chi connectivity index (χ4n) is 2.80. The predicted octanol–water partition coefficient (Wildman–Crippen LogP) is 1.13. The summed E-state index contributed by atoms with van der Waals surface area (Å²) in [5, 5.41) is 3.21. The van der Waals surface area contributed by atoms with Crippen LogP contribution in [0.4, 0.5) is 4.79 Å². The van der Waals surface area contributed by atoms with E-state index in [9.17, 15) is 4.79 Å². The van der Waals surface area contributed by atoms with Gasteiger partial charge in [-0.3, -0.25) is 0 Å². The number of rotatable bonds is 2. The zero-order valence-electron chi connectivity index (χ0n) is 10.2. The Balaban J connectivity index is 1.85. The summed E-state index contributed by atoms with van der Waals surface area (Å²) >= 11 is 0. The summed E-state index contributed by atoms with van der Waals surface area (Å²) in [6.07, 6.45) is 4.77. The minimum absolute atomic E-state index is 0.276. The first-order chi connectivity index (χ1) is 7.81. The van der Waals surface area contributed by atoms with Crippen LogP contribution < -0.4 is 5.32 Å². The largest absolute Gasteiger partial charge is 0.325 e. The van der Waals surface area contributed by atoms with Crippen LogP contribution in [-0.4, -0.2) is 55.6 Å². The zero-order chi connectivity index (χ0) is 11.4. The summed E-state index contributed by atoms with van der Waals surface area (Å²) in [4.78, 5) is 16.2. The first-order valence-corrected chi connectivity index (χ1v) is 6.49. The normalized spacial score (nSPS) is 26.2. The second-order valence-electron chi connectivity index (χ2n) is 4.99. The highest BCUT2D eigenvalue weighted by Crippen LogP contribution is 2.19. The van der Waals surface area contributed by atoms with Gasteiger partial charge in [0.15, 0.2) is 0 Å². The van der Waals surface area contributed by atoms with Crippen molar-refractivity contribution in [1.29, 1.82) is 0 Å². The molecule has 92 valence electrons. The van der Waals surface area contributed by atoms with Gasteiger partial charge >= 0.3 is 6.03 Å². The molecule has 2 saturated heterocycles. The summed E-state index contributed by atoms with van der Waals surface area (Å²) < 4.78 is 0. The number of likely N-dealkylation sites (tertiary alicyclic amines) is 2. The van der Waals surface area contributed by atoms with E-state index in [0.29, 0.717) is 5.92 Å². The highest BCUT2D eigenvalue weighted by molar-refractivity contribution is 5.74. The van der Waals surface area contributed by atoms with E-state index in [0.717, 1.165) is 39.1 Å². The van der Waals surface area contributed by atoms with E-state index < -0.39 is 0 Å². The van der Waals surface area contributed by atoms with Crippen molar-refractivity contribution >= 4 is 6.03 Å². The topological polar surface area (TPSA) is 35.6 Å². The van der Waals surface area contributed by atoms with Gasteiger partial charge in [0, 0.05) is 26.2 Å². The minimum atomic E-state index is 0.276. The molecular formula is C12H23N3O. The monoisotopic (exact) mass is 225 g/mol. The molecule has 16 heavy (non-hydrogen) atoms. The Morgan fingerprint density at radius 2 is 1.88 bits per heavy atom. The minimum Gasteiger partial charge on any atom is -0.325 e. The fourth-order valence-corrected chi connectivity index (χ4v) is 2.80. The Labute approximate surface area is 98.0 Å². The first kappa shape index (κ1) is 11.7. The Bertz CT molecular complexity index is 236. The first-order valence-electron chi connectivity index (χ1n) is 6.49. The molecule has 2 fully saturated rings. The lowest BCUT2D eigenvalue weighted by atomic mass is 9.98. The molecule has 2 amide bonds. The Morgan fingerprint density at radius 3 is 2.56 bits per heavy atom. The molecule has 0 radical (unpaired) electrons. The number of nitrogens with one attached hydrogen (secondary N) is 1. The number of amides is 2. The molecule has 0 aromatic heterocycles. The molecule has 0 spiro atoms. The molecule has 0 saturated carbocycles. The van der Waals surface area contributed by atoms with Crippen molar-refractivity contribution in [3.05, 3.63) is 0 Å². The van der Waals surface area contributed by atoms with E-state index in [1.165, 1.54) is 19.3 Å². The van der Waals surface area contributed by atoms with Crippen molar-refractivity contribution in [3.63, 3.8) is 0 Å². The fraction of sp³-hybridized carbons (Fsp3) is 0.917. The maximum atomic E-state index is 12.2. The summed E-state index contributed by atoms with van der Waals surface area (Å²) in [5.74, 6) is 0.644. The lowest BCUT2D eigenvalue weighted by molar-refractivity contribution is 0.136. The van der Waals surface area contributed by atoms with Gasteiger partial charge in [-0.25, -0.2) is 4.79 Å². The second-order valence-corrected chi connectivity index (χ2v) is 4.99. The van der Waals surface area contributed by atoms with Gasteiger partial charge in [0.05, 0.1) is 0 Å². The SMILES string of the molecule is CNCC1CCCN(C(=O)N2CCCC2)C1. The Hall–Kier alpha value is -0.770. The van der Waals surface area contributed by atoms with Crippen molar-refractivity contribution in [1.82, 2.24) is 15.1 Å². The molecule has 1 atom stereocenters. The summed E-state index contributed by atoms with van der Waals surface area (Å²) in [7, 11) is 1.99. The van der Waals surface area contributed by atoms with Gasteiger partial charge in [-0.1, -0.05) is 0 Å². The van der Waals surface area contributed by atoms with E-state index in [1.807, 2.05) is 11.9 Å². The van der Waals surface area contributed by atoms with Crippen LogP contribution in [0, 0.1) is 5.92 Å². The molecule has 0 aromatic rings. The summed E-state index contributed by atoms with van der Waals surface area (Å²) in [6.45, 7) is 4.85. The molecule has 0 bridgehead atoms. The zero-order valence-corrected chi connectivity index (χ0v) is 10.2. The maximum absolute atomic E-state index is 12.2. The van der Waals surface area contributed by atoms with E-state index in [2.05, 4.69) is 10.2 Å². The molecule has 1 unspecified atom stereocenters. The molecule has 0 aliphatic carbocycles. The van der Waals surface area contributed by atoms with Crippen LogP contribution in [-0.2, 0) is 0 Å². The molecule has 2 aliphatic rings. The average molecular weight is 225 g/mol. The molecule has 2 aliphatic heterocycles. The van der Waals surface area contributed by atoms with Gasteiger partial charge in [-0.05, 0) is 45.2 Å². The lowest BCUT2D eigenvalue weighted by Crippen LogP contribution is -2.47. The van der Waals surface area contributed by atoms with Crippen molar-refractivity contribution in [2.24, 2.45) is 5.92 Å². The van der Waals surface area contributed by atoms with Gasteiger partial charge in [0.25, 0.3) is 0 Å². The van der Waals surface area contributed by atoms with Gasteiger partial charge < -0.3 is 15.1 Å². The lowest BCUT2D eigenvalue weighted by Gasteiger charge is -2.35. The van der Waals surface area contributed by atoms with Gasteiger partial charge in [-0.15, -0.1) is 0 Å². The average Bonchev–Trinajstić information content (AvgIpc) is 2.82. The smallest absolute Gasteiger partial charge is 0.320 e. The number of nitrogens with zero attached hydrogens (tertiary/aromatic N) is 2. The summed E-state index contributed by atoms with van der Waals surface area (Å²) in [5.41, 5.74) is 0. The Morgan fingerprint density at radius 1 is 1.19 bits per heavy atom. The number of hydrogen-bond acceptors (Lipinski definition) is 2. The standard InChI is InChI=1S/C12H23N3O/c1-13-9-11-5-4-8-15(10-11)12(16)14-6-2-3-7-14/h11,13H,2-10H2,1H3. The van der Waals surface area contributed by atoms with Crippen molar-refractivity contribution in [3.8, 4) is 0 Å². The third-order valence-electron chi connectivity index (χ3n) is 3.66. The third kappa shape index (κ3) is 2.67. The molecule has 1 N–H and O–H groups in total. The molecule has 4 nitrogen and oxygen atoms in total. The molecule has 2 heterocycles. The van der Waals surface area contributed by atoms with Crippen LogP contribution in [0.25, 0.3) is 0 Å². The molecule has 4 heteroatoms. The van der Waals surface area contributed by atoms with Crippen LogP contribution in [0.15, 0.2) is 0 Å². The van der Waals surface area contributed by atoms with Gasteiger partial charge in [0.2, 0.25) is 0 Å². The van der Waals surface area contributed by atoms with Crippen LogP contribution in [0.1, 0.15) is 25.7 Å². The highest BCUT2D eigenvalue weighted by atomic mass is 16.2. The number of carbonyl (C=O) groups excluding carboxylic acids is 1. The van der Waals surface area contributed by atoms with E-state index in [-0.39, 0.29) is 6.03 Å². The van der Waals surface area contributed by atoms with Crippen molar-refractivity contribution in [2.75, 3.05) is 39.8 Å². The number of piperidine rings is 1. The number of urea groups is 1. The highest BCUT2D eigenvalue weighted by Gasteiger charge is 2.27. The van der Waals surface area contributed by atoms with Gasteiger partial charge in [-0.2, -0.15) is 0 Å². The molecular weight excluding hydrogens is 202 g/mol. The van der Waals surface area contributed by atoms with Gasteiger partial charge in [0.1, 0.15) is 0 Å². The summed E-state index contributed by atoms with van der Waals surface area (Å²) in [6, 6.07) is 0.276. The Kier molecular flexibility index (Phi) is 4.04. The number of carbonyl (C=O) groups is 1. The number of hydrogen-bond donors (Lipinski definition) is 1. The van der Waals surface area contributed by atoms with Crippen LogP contribution in [0.2, 0.25) is 0 Å².